The molecule has 1 heterocycles. The van der Waals surface area contributed by atoms with Gasteiger partial charge in [-0.2, -0.15) is 0 Å². The molecule has 116 valence electrons. The fourth-order valence-corrected chi connectivity index (χ4v) is 1.90. The van der Waals surface area contributed by atoms with Crippen molar-refractivity contribution >= 4 is 6.03 Å². The predicted molar refractivity (Wildman–Crippen MR) is 82.4 cm³/mol. The number of nitrogens with one attached hydrogen (secondary N) is 2. The molecule has 1 atom stereocenters. The van der Waals surface area contributed by atoms with Crippen LogP contribution in [0.2, 0.25) is 0 Å². The van der Waals surface area contributed by atoms with E-state index in [0.717, 1.165) is 11.1 Å². The summed E-state index contributed by atoms with van der Waals surface area (Å²) in [6.45, 7) is 0.502. The first-order valence-corrected chi connectivity index (χ1v) is 6.92. The van der Waals surface area contributed by atoms with Gasteiger partial charge in [0.2, 0.25) is 5.88 Å². The predicted octanol–water partition coefficient (Wildman–Crippen LogP) is 1.62. The third-order valence-electron chi connectivity index (χ3n) is 3.10. The second kappa shape index (κ2) is 7.99. The summed E-state index contributed by atoms with van der Waals surface area (Å²) < 4.78 is 5.02. The summed E-state index contributed by atoms with van der Waals surface area (Å²) in [5, 5.41) is 15.3. The van der Waals surface area contributed by atoms with Crippen LogP contribution in [0.3, 0.4) is 0 Å². The SMILES string of the molecule is COc1cc(CNC(=O)NC[C@H](O)c2ccccc2)ccn1. The van der Waals surface area contributed by atoms with Crippen LogP contribution in [-0.4, -0.2) is 29.8 Å². The number of benzene rings is 1. The molecule has 0 aliphatic carbocycles. The first-order valence-electron chi connectivity index (χ1n) is 6.92. The van der Waals surface area contributed by atoms with Crippen molar-refractivity contribution in [3.8, 4) is 5.88 Å². The van der Waals surface area contributed by atoms with Gasteiger partial charge in [0.1, 0.15) is 0 Å². The molecule has 2 amide bonds. The van der Waals surface area contributed by atoms with Gasteiger partial charge < -0.3 is 20.5 Å². The Bertz CT molecular complexity index is 605. The summed E-state index contributed by atoms with van der Waals surface area (Å²) in [7, 11) is 1.54. The quantitative estimate of drug-likeness (QED) is 0.757. The van der Waals surface area contributed by atoms with Crippen LogP contribution in [0.5, 0.6) is 5.88 Å². The smallest absolute Gasteiger partial charge is 0.315 e. The number of aliphatic hydroxyl groups is 1. The van der Waals surface area contributed by atoms with Crippen LogP contribution in [0.4, 0.5) is 4.79 Å². The number of methoxy groups -OCH3 is 1. The zero-order valence-electron chi connectivity index (χ0n) is 12.3. The Morgan fingerprint density at radius 2 is 2.05 bits per heavy atom. The van der Waals surface area contributed by atoms with E-state index in [-0.39, 0.29) is 12.6 Å². The molecule has 0 bridgehead atoms. The van der Waals surface area contributed by atoms with E-state index in [1.807, 2.05) is 30.3 Å². The molecule has 22 heavy (non-hydrogen) atoms. The van der Waals surface area contributed by atoms with Crippen molar-refractivity contribution in [1.82, 2.24) is 15.6 Å². The maximum atomic E-state index is 11.7. The van der Waals surface area contributed by atoms with E-state index in [0.29, 0.717) is 12.4 Å². The number of aromatic nitrogens is 1. The molecule has 0 fully saturated rings. The minimum absolute atomic E-state index is 0.148. The summed E-state index contributed by atoms with van der Waals surface area (Å²) in [5.74, 6) is 0.499. The highest BCUT2D eigenvalue weighted by atomic mass is 16.5. The van der Waals surface area contributed by atoms with Crippen LogP contribution < -0.4 is 15.4 Å². The highest BCUT2D eigenvalue weighted by Crippen LogP contribution is 2.10. The van der Waals surface area contributed by atoms with Crippen LogP contribution in [0.1, 0.15) is 17.2 Å². The summed E-state index contributed by atoms with van der Waals surface area (Å²) >= 11 is 0. The Morgan fingerprint density at radius 1 is 1.27 bits per heavy atom. The third-order valence-corrected chi connectivity index (χ3v) is 3.10. The Kier molecular flexibility index (Phi) is 5.73. The fourth-order valence-electron chi connectivity index (χ4n) is 1.90. The van der Waals surface area contributed by atoms with E-state index >= 15 is 0 Å². The fraction of sp³-hybridized carbons (Fsp3) is 0.250. The van der Waals surface area contributed by atoms with Gasteiger partial charge in [0.25, 0.3) is 0 Å². The van der Waals surface area contributed by atoms with E-state index in [1.54, 1.807) is 18.3 Å². The number of urea groups is 1. The number of ether oxygens (including phenoxy) is 1. The lowest BCUT2D eigenvalue weighted by Gasteiger charge is -2.13. The number of rotatable bonds is 6. The van der Waals surface area contributed by atoms with E-state index in [1.165, 1.54) is 7.11 Å². The average Bonchev–Trinajstić information content (AvgIpc) is 2.58. The number of carbonyl (C=O) groups is 1. The topological polar surface area (TPSA) is 83.5 Å². The number of hydrogen-bond donors (Lipinski definition) is 3. The van der Waals surface area contributed by atoms with Gasteiger partial charge in [0, 0.05) is 25.4 Å². The maximum Gasteiger partial charge on any atom is 0.315 e. The van der Waals surface area contributed by atoms with Crippen LogP contribution in [0, 0.1) is 0 Å². The molecule has 0 radical (unpaired) electrons. The average molecular weight is 301 g/mol. The van der Waals surface area contributed by atoms with Gasteiger partial charge in [-0.05, 0) is 17.2 Å². The van der Waals surface area contributed by atoms with Crippen LogP contribution in [0.15, 0.2) is 48.7 Å². The van der Waals surface area contributed by atoms with Crippen molar-refractivity contribution in [1.29, 1.82) is 0 Å². The van der Waals surface area contributed by atoms with Crippen molar-refractivity contribution in [3.05, 3.63) is 59.8 Å². The van der Waals surface area contributed by atoms with Crippen molar-refractivity contribution < 1.29 is 14.6 Å². The summed E-state index contributed by atoms with van der Waals surface area (Å²) in [4.78, 5) is 15.7. The molecular weight excluding hydrogens is 282 g/mol. The van der Waals surface area contributed by atoms with Gasteiger partial charge in [0.05, 0.1) is 13.2 Å². The van der Waals surface area contributed by atoms with Gasteiger partial charge in [-0.15, -0.1) is 0 Å². The Hall–Kier alpha value is -2.60. The molecule has 0 spiro atoms. The third kappa shape index (κ3) is 4.75. The highest BCUT2D eigenvalue weighted by Gasteiger charge is 2.08. The number of amides is 2. The van der Waals surface area contributed by atoms with Crippen LogP contribution in [-0.2, 0) is 6.54 Å². The number of pyridine rings is 1. The Labute approximate surface area is 129 Å². The zero-order chi connectivity index (χ0) is 15.8. The molecule has 0 aliphatic heterocycles. The number of nitrogens with zero attached hydrogens (tertiary/aromatic N) is 1. The van der Waals surface area contributed by atoms with E-state index < -0.39 is 6.10 Å². The largest absolute Gasteiger partial charge is 0.481 e. The van der Waals surface area contributed by atoms with Crippen molar-refractivity contribution in [3.63, 3.8) is 0 Å². The molecule has 6 heteroatoms. The molecule has 0 saturated heterocycles. The maximum absolute atomic E-state index is 11.7. The first-order chi connectivity index (χ1) is 10.7. The van der Waals surface area contributed by atoms with Crippen molar-refractivity contribution in [2.75, 3.05) is 13.7 Å². The number of hydrogen-bond acceptors (Lipinski definition) is 4. The minimum atomic E-state index is -0.729. The van der Waals surface area contributed by atoms with E-state index in [9.17, 15) is 9.90 Å². The van der Waals surface area contributed by atoms with E-state index in [2.05, 4.69) is 15.6 Å². The lowest BCUT2D eigenvalue weighted by Crippen LogP contribution is -2.37. The summed E-state index contributed by atoms with van der Waals surface area (Å²) in [6, 6.07) is 12.4. The molecular formula is C16H19N3O3. The van der Waals surface area contributed by atoms with Crippen LogP contribution in [0.25, 0.3) is 0 Å². The van der Waals surface area contributed by atoms with E-state index in [4.69, 9.17) is 4.74 Å². The van der Waals surface area contributed by atoms with Gasteiger partial charge in [-0.3, -0.25) is 0 Å². The highest BCUT2D eigenvalue weighted by molar-refractivity contribution is 5.73. The van der Waals surface area contributed by atoms with Gasteiger partial charge >= 0.3 is 6.03 Å². The van der Waals surface area contributed by atoms with Crippen LogP contribution >= 0.6 is 0 Å². The number of aliphatic hydroxyl groups excluding tert-OH is 1. The molecule has 3 N–H and O–H groups in total. The van der Waals surface area contributed by atoms with Gasteiger partial charge in [0.15, 0.2) is 0 Å². The standard InChI is InChI=1S/C16H19N3O3/c1-22-15-9-12(7-8-17-15)10-18-16(21)19-11-14(20)13-5-3-2-4-6-13/h2-9,14,20H,10-11H2,1H3,(H2,18,19,21)/t14-/m0/s1. The normalized spacial score (nSPS) is 11.5. The summed E-state index contributed by atoms with van der Waals surface area (Å²) in [5.41, 5.74) is 1.65. The molecule has 2 aromatic rings. The van der Waals surface area contributed by atoms with Gasteiger partial charge in [-0.25, -0.2) is 9.78 Å². The summed E-state index contributed by atoms with van der Waals surface area (Å²) in [6.07, 6.45) is 0.889. The lowest BCUT2D eigenvalue weighted by atomic mass is 10.1. The molecule has 2 rings (SSSR count). The second-order valence-corrected chi connectivity index (χ2v) is 4.70. The van der Waals surface area contributed by atoms with Gasteiger partial charge in [-0.1, -0.05) is 30.3 Å². The van der Waals surface area contributed by atoms with Crippen molar-refractivity contribution in [2.45, 2.75) is 12.6 Å². The minimum Gasteiger partial charge on any atom is -0.481 e. The lowest BCUT2D eigenvalue weighted by molar-refractivity contribution is 0.173. The van der Waals surface area contributed by atoms with Crippen molar-refractivity contribution in [2.24, 2.45) is 0 Å². The Balaban J connectivity index is 1.76. The first kappa shape index (κ1) is 15.8. The molecule has 1 aromatic carbocycles. The molecule has 6 nitrogen and oxygen atoms in total. The Morgan fingerprint density at radius 3 is 2.77 bits per heavy atom. The molecule has 0 aliphatic rings. The monoisotopic (exact) mass is 301 g/mol. The zero-order valence-corrected chi connectivity index (χ0v) is 12.3. The molecule has 0 saturated carbocycles. The number of carbonyl (C=O) groups excluding carboxylic acids is 1. The molecule has 0 unspecified atom stereocenters. The second-order valence-electron chi connectivity index (χ2n) is 4.70. The molecule has 1 aromatic heterocycles.